The van der Waals surface area contributed by atoms with E-state index in [4.69, 9.17) is 4.98 Å². The van der Waals surface area contributed by atoms with Crippen molar-refractivity contribution in [1.82, 2.24) is 15.0 Å². The first-order valence-electron chi connectivity index (χ1n) is 7.64. The van der Waals surface area contributed by atoms with Gasteiger partial charge in [0.1, 0.15) is 5.82 Å². The molecule has 1 N–H and O–H groups in total. The highest BCUT2D eigenvalue weighted by molar-refractivity contribution is 5.26. The third-order valence-corrected chi connectivity index (χ3v) is 4.15. The van der Waals surface area contributed by atoms with Gasteiger partial charge in [-0.2, -0.15) is 0 Å². The number of rotatable bonds is 1. The third-order valence-electron chi connectivity index (χ3n) is 4.15. The van der Waals surface area contributed by atoms with Gasteiger partial charge in [-0.25, -0.2) is 9.66 Å². The average Bonchev–Trinajstić information content (AvgIpc) is 2.79. The van der Waals surface area contributed by atoms with E-state index in [9.17, 15) is 0 Å². The molecule has 2 aliphatic rings. The van der Waals surface area contributed by atoms with Crippen LogP contribution in [0.1, 0.15) is 57.2 Å². The van der Waals surface area contributed by atoms with Crippen LogP contribution in [0.5, 0.6) is 0 Å². The van der Waals surface area contributed by atoms with Crippen LogP contribution in [0.4, 0.5) is 0 Å². The lowest BCUT2D eigenvalue weighted by Crippen LogP contribution is -2.43. The van der Waals surface area contributed by atoms with Crippen molar-refractivity contribution < 1.29 is 0 Å². The van der Waals surface area contributed by atoms with Crippen molar-refractivity contribution in [3.63, 3.8) is 0 Å². The van der Waals surface area contributed by atoms with E-state index in [1.807, 2.05) is 0 Å². The Morgan fingerprint density at radius 2 is 1.84 bits per heavy atom. The van der Waals surface area contributed by atoms with Crippen molar-refractivity contribution in [2.75, 3.05) is 24.6 Å². The molecule has 0 saturated carbocycles. The molecule has 0 aromatic carbocycles. The largest absolute Gasteiger partial charge is 0.311 e. The van der Waals surface area contributed by atoms with Gasteiger partial charge in [0.15, 0.2) is 0 Å². The lowest BCUT2D eigenvalue weighted by Gasteiger charge is -2.35. The fraction of sp³-hybridized carbons (Fsp3) is 0.800. The third kappa shape index (κ3) is 2.38. The standard InChI is InChI=1S/C15H26N4/c1-15(2,3)14-17-12-11-16-8-7-13(12)19(14)18-9-5-4-6-10-18/h16H,4-11H2,1-3H3. The molecule has 3 rings (SSSR count). The van der Waals surface area contributed by atoms with Crippen LogP contribution >= 0.6 is 0 Å². The van der Waals surface area contributed by atoms with Crippen LogP contribution in [0.25, 0.3) is 0 Å². The smallest absolute Gasteiger partial charge is 0.133 e. The van der Waals surface area contributed by atoms with Crippen LogP contribution in [0.2, 0.25) is 0 Å². The summed E-state index contributed by atoms with van der Waals surface area (Å²) in [6.07, 6.45) is 5.11. The van der Waals surface area contributed by atoms with E-state index >= 15 is 0 Å². The van der Waals surface area contributed by atoms with E-state index in [1.54, 1.807) is 0 Å². The highest BCUT2D eigenvalue weighted by Crippen LogP contribution is 2.27. The van der Waals surface area contributed by atoms with Gasteiger partial charge in [0.2, 0.25) is 0 Å². The normalized spacial score (nSPS) is 20.5. The second kappa shape index (κ2) is 4.82. The molecule has 1 saturated heterocycles. The molecule has 0 amide bonds. The summed E-state index contributed by atoms with van der Waals surface area (Å²) in [6.45, 7) is 11.2. The summed E-state index contributed by atoms with van der Waals surface area (Å²) in [4.78, 5) is 4.96. The summed E-state index contributed by atoms with van der Waals surface area (Å²) in [5.41, 5.74) is 2.82. The molecule has 0 aliphatic carbocycles. The first kappa shape index (κ1) is 13.0. The molecule has 4 heteroatoms. The molecule has 2 aliphatic heterocycles. The van der Waals surface area contributed by atoms with E-state index in [0.717, 1.165) is 19.5 Å². The SMILES string of the molecule is CC(C)(C)c1nc2c(n1N1CCCCC1)CCNC2. The van der Waals surface area contributed by atoms with Crippen molar-refractivity contribution in [2.24, 2.45) is 0 Å². The Balaban J connectivity index is 2.05. The van der Waals surface area contributed by atoms with Gasteiger partial charge in [-0.05, 0) is 19.3 Å². The summed E-state index contributed by atoms with van der Waals surface area (Å²) >= 11 is 0. The average molecular weight is 262 g/mol. The first-order valence-corrected chi connectivity index (χ1v) is 7.64. The Morgan fingerprint density at radius 3 is 2.53 bits per heavy atom. The molecular formula is C15H26N4. The zero-order valence-corrected chi connectivity index (χ0v) is 12.5. The Kier molecular flexibility index (Phi) is 3.29. The van der Waals surface area contributed by atoms with Gasteiger partial charge in [0.25, 0.3) is 0 Å². The minimum Gasteiger partial charge on any atom is -0.311 e. The fourth-order valence-corrected chi connectivity index (χ4v) is 3.16. The van der Waals surface area contributed by atoms with Gasteiger partial charge in [-0.3, -0.25) is 0 Å². The minimum absolute atomic E-state index is 0.106. The number of nitrogens with zero attached hydrogens (tertiary/aromatic N) is 3. The molecule has 4 nitrogen and oxygen atoms in total. The highest BCUT2D eigenvalue weighted by Gasteiger charge is 2.30. The van der Waals surface area contributed by atoms with Crippen molar-refractivity contribution in [1.29, 1.82) is 0 Å². The number of hydrogen-bond donors (Lipinski definition) is 1. The second-order valence-electron chi connectivity index (χ2n) is 6.83. The molecule has 0 atom stereocenters. The van der Waals surface area contributed by atoms with Crippen LogP contribution in [-0.4, -0.2) is 29.3 Å². The van der Waals surface area contributed by atoms with E-state index < -0.39 is 0 Å². The van der Waals surface area contributed by atoms with E-state index in [2.05, 4.69) is 35.8 Å². The summed E-state index contributed by atoms with van der Waals surface area (Å²) in [5, 5.41) is 5.97. The molecule has 0 radical (unpaired) electrons. The number of hydrogen-bond acceptors (Lipinski definition) is 3. The Labute approximate surface area is 116 Å². The summed E-state index contributed by atoms with van der Waals surface area (Å²) in [6, 6.07) is 0. The zero-order valence-electron chi connectivity index (χ0n) is 12.5. The minimum atomic E-state index is 0.106. The summed E-state index contributed by atoms with van der Waals surface area (Å²) in [7, 11) is 0. The van der Waals surface area contributed by atoms with Crippen molar-refractivity contribution in [3.8, 4) is 0 Å². The van der Waals surface area contributed by atoms with E-state index in [-0.39, 0.29) is 5.41 Å². The maximum atomic E-state index is 4.96. The van der Waals surface area contributed by atoms with E-state index in [1.165, 1.54) is 49.6 Å². The van der Waals surface area contributed by atoms with Gasteiger partial charge in [0, 0.05) is 38.0 Å². The predicted molar refractivity (Wildman–Crippen MR) is 78.1 cm³/mol. The maximum absolute atomic E-state index is 4.96. The number of aromatic nitrogens is 2. The molecule has 0 spiro atoms. The topological polar surface area (TPSA) is 33.1 Å². The summed E-state index contributed by atoms with van der Waals surface area (Å²) < 4.78 is 2.47. The van der Waals surface area contributed by atoms with E-state index in [0.29, 0.717) is 0 Å². The lowest BCUT2D eigenvalue weighted by atomic mass is 9.96. The molecule has 106 valence electrons. The quantitative estimate of drug-likeness (QED) is 0.840. The molecule has 1 fully saturated rings. The maximum Gasteiger partial charge on any atom is 0.133 e. The molecule has 0 bridgehead atoms. The molecule has 0 unspecified atom stereocenters. The van der Waals surface area contributed by atoms with Crippen molar-refractivity contribution in [3.05, 3.63) is 17.2 Å². The molecule has 3 heterocycles. The number of imidazole rings is 1. The van der Waals surface area contributed by atoms with Crippen LogP contribution < -0.4 is 10.3 Å². The van der Waals surface area contributed by atoms with Gasteiger partial charge in [-0.1, -0.05) is 20.8 Å². The predicted octanol–water partition coefficient (Wildman–Crippen LogP) is 1.95. The van der Waals surface area contributed by atoms with Crippen LogP contribution in [-0.2, 0) is 18.4 Å². The zero-order chi connectivity index (χ0) is 13.5. The van der Waals surface area contributed by atoms with Gasteiger partial charge in [-0.15, -0.1) is 0 Å². The molecule has 1 aromatic rings. The summed E-state index contributed by atoms with van der Waals surface area (Å²) in [5.74, 6) is 1.24. The molecular weight excluding hydrogens is 236 g/mol. The van der Waals surface area contributed by atoms with Crippen LogP contribution in [0.3, 0.4) is 0 Å². The number of piperidine rings is 1. The second-order valence-corrected chi connectivity index (χ2v) is 6.83. The van der Waals surface area contributed by atoms with Gasteiger partial charge >= 0.3 is 0 Å². The van der Waals surface area contributed by atoms with Crippen LogP contribution in [0.15, 0.2) is 0 Å². The van der Waals surface area contributed by atoms with Gasteiger partial charge in [0.05, 0.1) is 11.4 Å². The first-order chi connectivity index (χ1) is 9.07. The monoisotopic (exact) mass is 262 g/mol. The Hall–Kier alpha value is -1.03. The molecule has 1 aromatic heterocycles. The number of fused-ring (bicyclic) bond motifs is 1. The number of nitrogens with one attached hydrogen (secondary N) is 1. The highest BCUT2D eigenvalue weighted by atomic mass is 15.6. The lowest BCUT2D eigenvalue weighted by molar-refractivity contribution is 0.421. The van der Waals surface area contributed by atoms with Crippen LogP contribution in [0, 0.1) is 0 Å². The molecule has 19 heavy (non-hydrogen) atoms. The Bertz CT molecular complexity index is 449. The Morgan fingerprint density at radius 1 is 1.11 bits per heavy atom. The fourth-order valence-electron chi connectivity index (χ4n) is 3.16. The van der Waals surface area contributed by atoms with Gasteiger partial charge < -0.3 is 10.3 Å². The van der Waals surface area contributed by atoms with Crippen molar-refractivity contribution >= 4 is 0 Å². The van der Waals surface area contributed by atoms with Crippen molar-refractivity contribution in [2.45, 2.75) is 58.4 Å².